The number of likely N-dealkylation sites (tertiary alicyclic amines) is 1. The Balaban J connectivity index is 0.00000289. The fourth-order valence-electron chi connectivity index (χ4n) is 1.44. The predicted molar refractivity (Wildman–Crippen MR) is 71.0 cm³/mol. The number of thiol groups is 1. The van der Waals surface area contributed by atoms with Gasteiger partial charge in [0.25, 0.3) is 6.23 Å². The first-order chi connectivity index (χ1) is 7.93. The van der Waals surface area contributed by atoms with Gasteiger partial charge in [0.2, 0.25) is 5.91 Å². The van der Waals surface area contributed by atoms with E-state index in [-0.39, 0.29) is 18.2 Å². The minimum absolute atomic E-state index is 0. The Morgan fingerprint density at radius 3 is 2.56 bits per heavy atom. The maximum Gasteiger partial charge on any atom is 0.367 e. The quantitative estimate of drug-likeness (QED) is 0.256. The summed E-state index contributed by atoms with van der Waals surface area (Å²) in [6, 6.07) is -1.28. The average Bonchev–Trinajstić information content (AvgIpc) is 2.31. The molecule has 104 valence electrons. The zero-order valence-electron chi connectivity index (χ0n) is 8.98. The lowest BCUT2D eigenvalue weighted by atomic mass is 9.97. The molecule has 0 saturated carbocycles. The van der Waals surface area contributed by atoms with Gasteiger partial charge in [-0.1, -0.05) is 15.9 Å². The Hall–Kier alpha value is -0.510. The highest BCUT2D eigenvalue weighted by atomic mass is 79.9. The Bertz CT molecular complexity index is 358. The summed E-state index contributed by atoms with van der Waals surface area (Å²) >= 11 is 6.77. The Kier molecular flexibility index (Phi) is 6.97. The van der Waals surface area contributed by atoms with Gasteiger partial charge in [-0.15, -0.1) is 12.4 Å². The number of β-lactam (4-membered cyclic amide) rings is 1. The van der Waals surface area contributed by atoms with E-state index in [1.54, 1.807) is 0 Å². The van der Waals surface area contributed by atoms with Crippen molar-refractivity contribution in [2.24, 2.45) is 5.73 Å². The second-order valence-corrected chi connectivity index (χ2v) is 4.30. The first-order valence-electron chi connectivity index (χ1n) is 4.61. The molecule has 3 atom stereocenters. The molecule has 3 N–H and O–H groups in total. The molecule has 1 aliphatic heterocycles. The summed E-state index contributed by atoms with van der Waals surface area (Å²) < 4.78 is 4.63. The summed E-state index contributed by atoms with van der Waals surface area (Å²) in [5.74, 6) is -3.07. The summed E-state index contributed by atoms with van der Waals surface area (Å²) in [5.41, 5.74) is 5.50. The molecule has 0 aromatic rings. The highest BCUT2D eigenvalue weighted by molar-refractivity contribution is 9.09. The maximum atomic E-state index is 11.5. The van der Waals surface area contributed by atoms with Gasteiger partial charge in [-0.2, -0.15) is 12.6 Å². The van der Waals surface area contributed by atoms with Crippen molar-refractivity contribution >= 4 is 58.8 Å². The summed E-state index contributed by atoms with van der Waals surface area (Å²) in [6.45, 7) is 0. The van der Waals surface area contributed by atoms with Crippen molar-refractivity contribution in [3.05, 3.63) is 0 Å². The maximum absolute atomic E-state index is 11.5. The predicted octanol–water partition coefficient (Wildman–Crippen LogP) is -0.775. The summed E-state index contributed by atoms with van der Waals surface area (Å²) in [5, 5.41) is 9.23. The molecule has 3 unspecified atom stereocenters. The summed E-state index contributed by atoms with van der Waals surface area (Å²) in [4.78, 5) is 34.3. The van der Waals surface area contributed by atoms with Crippen LogP contribution in [0.3, 0.4) is 0 Å². The zero-order valence-corrected chi connectivity index (χ0v) is 12.3. The van der Waals surface area contributed by atoms with E-state index in [0.29, 0.717) is 5.33 Å². The highest BCUT2D eigenvalue weighted by Gasteiger charge is 2.51. The van der Waals surface area contributed by atoms with E-state index in [1.165, 1.54) is 0 Å². The number of carboxylic acid groups (broad SMARTS) is 1. The van der Waals surface area contributed by atoms with E-state index >= 15 is 0 Å². The molecule has 0 aromatic heterocycles. The van der Waals surface area contributed by atoms with Gasteiger partial charge in [0.15, 0.2) is 0 Å². The van der Waals surface area contributed by atoms with Crippen molar-refractivity contribution in [2.45, 2.75) is 18.3 Å². The number of carboxylic acids is 1. The van der Waals surface area contributed by atoms with Gasteiger partial charge in [-0.25, -0.2) is 4.79 Å². The SMILES string of the molecule is Cl.NC1C(=O)N(C(OC(=O)CS)C(=O)O)C1CBr. The lowest BCUT2D eigenvalue weighted by Gasteiger charge is -2.46. The number of carbonyl (C=O) groups excluding carboxylic acids is 2. The standard InChI is InChI=1S/C8H11BrN2O5S.ClH/c9-1-3-5(10)6(13)11(3)7(8(14)15)16-4(12)2-17;/h3,5,7,17H,1-2,10H2,(H,14,15);1H. The monoisotopic (exact) mass is 362 g/mol. The van der Waals surface area contributed by atoms with Crippen LogP contribution in [0, 0.1) is 0 Å². The zero-order chi connectivity index (χ0) is 13.2. The molecule has 1 rings (SSSR count). The van der Waals surface area contributed by atoms with Gasteiger partial charge in [0, 0.05) is 5.33 Å². The molecule has 0 aliphatic carbocycles. The smallest absolute Gasteiger partial charge is 0.367 e. The van der Waals surface area contributed by atoms with Crippen LogP contribution in [0.5, 0.6) is 0 Å². The van der Waals surface area contributed by atoms with E-state index in [9.17, 15) is 14.4 Å². The second-order valence-electron chi connectivity index (χ2n) is 3.33. The topological polar surface area (TPSA) is 110 Å². The number of rotatable bonds is 5. The third-order valence-electron chi connectivity index (χ3n) is 2.31. The number of esters is 1. The fourth-order valence-corrected chi connectivity index (χ4v) is 2.23. The van der Waals surface area contributed by atoms with Gasteiger partial charge < -0.3 is 15.6 Å². The number of hydrogen-bond donors (Lipinski definition) is 3. The van der Waals surface area contributed by atoms with Crippen LogP contribution in [0.4, 0.5) is 0 Å². The molecule has 1 heterocycles. The lowest BCUT2D eigenvalue weighted by Crippen LogP contribution is -2.73. The minimum atomic E-state index is -1.65. The van der Waals surface area contributed by atoms with Crippen molar-refractivity contribution in [1.82, 2.24) is 4.90 Å². The van der Waals surface area contributed by atoms with Crippen LogP contribution in [0.25, 0.3) is 0 Å². The van der Waals surface area contributed by atoms with Gasteiger partial charge in [-0.3, -0.25) is 14.5 Å². The van der Waals surface area contributed by atoms with E-state index in [4.69, 9.17) is 10.8 Å². The largest absolute Gasteiger partial charge is 0.477 e. The highest BCUT2D eigenvalue weighted by Crippen LogP contribution is 2.24. The first kappa shape index (κ1) is 17.5. The summed E-state index contributed by atoms with van der Waals surface area (Å²) in [6.07, 6.45) is -1.65. The Labute approximate surface area is 123 Å². The molecule has 1 fully saturated rings. The van der Waals surface area contributed by atoms with Crippen molar-refractivity contribution in [1.29, 1.82) is 0 Å². The number of nitrogens with zero attached hydrogens (tertiary/aromatic N) is 1. The molecule has 1 saturated heterocycles. The van der Waals surface area contributed by atoms with Crippen LogP contribution < -0.4 is 5.73 Å². The number of amides is 1. The fraction of sp³-hybridized carbons (Fsp3) is 0.625. The van der Waals surface area contributed by atoms with E-state index in [1.807, 2.05) is 0 Å². The number of halogens is 2. The molecule has 0 spiro atoms. The number of aliphatic carboxylic acids is 1. The van der Waals surface area contributed by atoms with Crippen molar-refractivity contribution in [3.8, 4) is 0 Å². The second kappa shape index (κ2) is 7.17. The number of alkyl halides is 1. The van der Waals surface area contributed by atoms with E-state index in [0.717, 1.165) is 4.90 Å². The molecular weight excluding hydrogens is 352 g/mol. The molecule has 1 amide bonds. The third kappa shape index (κ3) is 3.28. The first-order valence-corrected chi connectivity index (χ1v) is 6.36. The Morgan fingerprint density at radius 2 is 2.17 bits per heavy atom. The molecule has 18 heavy (non-hydrogen) atoms. The van der Waals surface area contributed by atoms with Gasteiger partial charge >= 0.3 is 11.9 Å². The van der Waals surface area contributed by atoms with Crippen molar-refractivity contribution in [2.75, 3.05) is 11.1 Å². The Morgan fingerprint density at radius 1 is 1.61 bits per heavy atom. The van der Waals surface area contributed by atoms with Gasteiger partial charge in [0.05, 0.1) is 11.8 Å². The number of nitrogens with two attached hydrogens (primary N) is 1. The van der Waals surface area contributed by atoms with Crippen molar-refractivity contribution in [3.63, 3.8) is 0 Å². The number of ether oxygens (including phenoxy) is 1. The average molecular weight is 364 g/mol. The molecule has 0 bridgehead atoms. The molecule has 0 radical (unpaired) electrons. The van der Waals surface area contributed by atoms with Crippen LogP contribution in [-0.2, 0) is 19.1 Å². The number of hydrogen-bond acceptors (Lipinski definition) is 6. The number of carbonyl (C=O) groups is 3. The minimum Gasteiger partial charge on any atom is -0.477 e. The third-order valence-corrected chi connectivity index (χ3v) is 3.23. The van der Waals surface area contributed by atoms with Crippen LogP contribution >= 0.6 is 41.0 Å². The molecule has 10 heteroatoms. The van der Waals surface area contributed by atoms with Crippen LogP contribution in [0.1, 0.15) is 0 Å². The molecule has 1 aliphatic rings. The van der Waals surface area contributed by atoms with Crippen LogP contribution in [0.2, 0.25) is 0 Å². The molecule has 7 nitrogen and oxygen atoms in total. The van der Waals surface area contributed by atoms with Crippen LogP contribution in [0.15, 0.2) is 0 Å². The van der Waals surface area contributed by atoms with E-state index in [2.05, 4.69) is 33.3 Å². The lowest BCUT2D eigenvalue weighted by molar-refractivity contribution is -0.192. The van der Waals surface area contributed by atoms with Crippen molar-refractivity contribution < 1.29 is 24.2 Å². The summed E-state index contributed by atoms with van der Waals surface area (Å²) in [7, 11) is 0. The van der Waals surface area contributed by atoms with Gasteiger partial charge in [-0.05, 0) is 0 Å². The van der Waals surface area contributed by atoms with Gasteiger partial charge in [0.1, 0.15) is 6.04 Å². The van der Waals surface area contributed by atoms with Crippen LogP contribution in [-0.4, -0.2) is 57.2 Å². The molecule has 0 aromatic carbocycles. The van der Waals surface area contributed by atoms with E-state index < -0.39 is 36.2 Å². The normalized spacial score (nSPS) is 23.7. The molecular formula is C8H12BrClN2O5S.